The van der Waals surface area contributed by atoms with Crippen molar-refractivity contribution in [3.8, 4) is 0 Å². The maximum absolute atomic E-state index is 13.5. The number of carbonyl (C=O) groups is 1. The van der Waals surface area contributed by atoms with E-state index in [2.05, 4.69) is 21.2 Å². The number of nitrogens with two attached hydrogens (primary N) is 1. The summed E-state index contributed by atoms with van der Waals surface area (Å²) >= 11 is 3.33. The lowest BCUT2D eigenvalue weighted by Gasteiger charge is -2.12. The summed E-state index contributed by atoms with van der Waals surface area (Å²) in [4.78, 5) is 12.0. The van der Waals surface area contributed by atoms with Crippen LogP contribution in [0.2, 0.25) is 0 Å². The van der Waals surface area contributed by atoms with E-state index >= 15 is 0 Å². The molecule has 0 atom stereocenters. The van der Waals surface area contributed by atoms with Crippen LogP contribution in [0.4, 0.5) is 15.8 Å². The molecule has 0 spiro atoms. The predicted octanol–water partition coefficient (Wildman–Crippen LogP) is 3.66. The lowest BCUT2D eigenvalue weighted by atomic mass is 10.1. The molecule has 2 aromatic carbocycles. The molecule has 1 amide bonds. The summed E-state index contributed by atoms with van der Waals surface area (Å²) in [6.45, 7) is 1.85. The highest BCUT2D eigenvalue weighted by Gasteiger charge is 2.11. The number of carbonyl (C=O) groups excluding carboxylic acids is 1. The number of aryl methyl sites for hydroxylation is 1. The number of benzene rings is 2. The molecule has 0 saturated carbocycles. The predicted molar refractivity (Wildman–Crippen MR) is 82.0 cm³/mol. The van der Waals surface area contributed by atoms with Crippen molar-refractivity contribution in [2.45, 2.75) is 13.3 Å². The van der Waals surface area contributed by atoms with Crippen LogP contribution >= 0.6 is 15.9 Å². The summed E-state index contributed by atoms with van der Waals surface area (Å²) in [7, 11) is 0. The minimum atomic E-state index is -0.386. The molecular formula is C15H14BrFN2O. The van der Waals surface area contributed by atoms with Gasteiger partial charge in [0, 0.05) is 4.47 Å². The van der Waals surface area contributed by atoms with Crippen molar-refractivity contribution in [1.82, 2.24) is 0 Å². The fourth-order valence-electron chi connectivity index (χ4n) is 1.94. The molecule has 3 N–H and O–H groups in total. The van der Waals surface area contributed by atoms with Gasteiger partial charge in [0.2, 0.25) is 5.91 Å². The SMILES string of the molecule is Cc1cc(Br)cc(N)c1NC(=O)Cc1ccccc1F. The summed E-state index contributed by atoms with van der Waals surface area (Å²) in [6.07, 6.45) is -0.0262. The third-order valence-corrected chi connectivity index (χ3v) is 3.36. The Bertz CT molecular complexity index is 635. The van der Waals surface area contributed by atoms with Gasteiger partial charge in [0.05, 0.1) is 17.8 Å². The minimum absolute atomic E-state index is 0.0262. The Hall–Kier alpha value is -1.88. The molecule has 0 aliphatic rings. The maximum atomic E-state index is 13.5. The first kappa shape index (κ1) is 14.5. The largest absolute Gasteiger partial charge is 0.397 e. The zero-order valence-corrected chi connectivity index (χ0v) is 12.5. The Morgan fingerprint density at radius 1 is 1.35 bits per heavy atom. The Labute approximate surface area is 125 Å². The number of anilines is 2. The van der Waals surface area contributed by atoms with E-state index < -0.39 is 0 Å². The molecule has 0 radical (unpaired) electrons. The normalized spacial score (nSPS) is 10.3. The first-order valence-corrected chi connectivity index (χ1v) is 6.85. The summed E-state index contributed by atoms with van der Waals surface area (Å²) in [5.74, 6) is -0.685. The fourth-order valence-corrected chi connectivity index (χ4v) is 2.53. The summed E-state index contributed by atoms with van der Waals surface area (Å²) < 4.78 is 14.3. The highest BCUT2D eigenvalue weighted by atomic mass is 79.9. The second-order valence-electron chi connectivity index (χ2n) is 4.50. The molecule has 20 heavy (non-hydrogen) atoms. The van der Waals surface area contributed by atoms with Crippen molar-refractivity contribution in [2.24, 2.45) is 0 Å². The van der Waals surface area contributed by atoms with Crippen molar-refractivity contribution in [2.75, 3.05) is 11.1 Å². The minimum Gasteiger partial charge on any atom is -0.397 e. The molecule has 2 aromatic rings. The molecule has 3 nitrogen and oxygen atoms in total. The van der Waals surface area contributed by atoms with E-state index in [1.807, 2.05) is 13.0 Å². The van der Waals surface area contributed by atoms with Gasteiger partial charge in [-0.3, -0.25) is 4.79 Å². The van der Waals surface area contributed by atoms with E-state index in [1.54, 1.807) is 24.3 Å². The van der Waals surface area contributed by atoms with Crippen LogP contribution in [0.25, 0.3) is 0 Å². The molecule has 0 bridgehead atoms. The highest BCUT2D eigenvalue weighted by molar-refractivity contribution is 9.10. The monoisotopic (exact) mass is 336 g/mol. The van der Waals surface area contributed by atoms with Gasteiger partial charge in [-0.15, -0.1) is 0 Å². The van der Waals surface area contributed by atoms with E-state index in [0.29, 0.717) is 16.9 Å². The molecule has 0 saturated heterocycles. The zero-order chi connectivity index (χ0) is 14.7. The number of hydrogen-bond acceptors (Lipinski definition) is 2. The van der Waals surface area contributed by atoms with Crippen LogP contribution in [-0.4, -0.2) is 5.91 Å². The van der Waals surface area contributed by atoms with Gasteiger partial charge in [-0.1, -0.05) is 34.1 Å². The number of amides is 1. The Morgan fingerprint density at radius 3 is 2.70 bits per heavy atom. The Kier molecular flexibility index (Phi) is 4.39. The van der Waals surface area contributed by atoms with Crippen molar-refractivity contribution in [1.29, 1.82) is 0 Å². The maximum Gasteiger partial charge on any atom is 0.228 e. The summed E-state index contributed by atoms with van der Waals surface area (Å²) in [5.41, 5.74) is 8.12. The molecule has 0 unspecified atom stereocenters. The molecule has 104 valence electrons. The van der Waals surface area contributed by atoms with Crippen molar-refractivity contribution < 1.29 is 9.18 Å². The first-order chi connectivity index (χ1) is 9.47. The van der Waals surface area contributed by atoms with E-state index in [4.69, 9.17) is 5.73 Å². The van der Waals surface area contributed by atoms with Gasteiger partial charge < -0.3 is 11.1 Å². The van der Waals surface area contributed by atoms with Crippen LogP contribution in [0, 0.1) is 12.7 Å². The van der Waals surface area contributed by atoms with E-state index in [1.165, 1.54) is 6.07 Å². The molecule has 5 heteroatoms. The molecule has 0 fully saturated rings. The van der Waals surface area contributed by atoms with Crippen molar-refractivity contribution in [3.05, 3.63) is 57.8 Å². The lowest BCUT2D eigenvalue weighted by Crippen LogP contribution is -2.17. The van der Waals surface area contributed by atoms with Crippen molar-refractivity contribution >= 4 is 33.2 Å². The second-order valence-corrected chi connectivity index (χ2v) is 5.42. The lowest BCUT2D eigenvalue weighted by molar-refractivity contribution is -0.115. The number of halogens is 2. The van der Waals surface area contributed by atoms with E-state index in [-0.39, 0.29) is 18.1 Å². The molecule has 0 aliphatic heterocycles. The Balaban J connectivity index is 2.15. The number of nitrogen functional groups attached to an aromatic ring is 1. The summed E-state index contributed by atoms with van der Waals surface area (Å²) in [5, 5.41) is 2.73. The van der Waals surface area contributed by atoms with E-state index in [0.717, 1.165) is 10.0 Å². The first-order valence-electron chi connectivity index (χ1n) is 6.06. The fraction of sp³-hybridized carbons (Fsp3) is 0.133. The van der Waals surface area contributed by atoms with Gasteiger partial charge in [-0.2, -0.15) is 0 Å². The van der Waals surface area contributed by atoms with Crippen LogP contribution in [-0.2, 0) is 11.2 Å². The topological polar surface area (TPSA) is 55.1 Å². The zero-order valence-electron chi connectivity index (χ0n) is 10.9. The highest BCUT2D eigenvalue weighted by Crippen LogP contribution is 2.27. The molecule has 0 heterocycles. The molecule has 0 aromatic heterocycles. The van der Waals surface area contributed by atoms with Gasteiger partial charge >= 0.3 is 0 Å². The van der Waals surface area contributed by atoms with Crippen molar-refractivity contribution in [3.63, 3.8) is 0 Å². The van der Waals surface area contributed by atoms with Crippen LogP contribution in [0.1, 0.15) is 11.1 Å². The van der Waals surface area contributed by atoms with Gasteiger partial charge in [0.15, 0.2) is 0 Å². The van der Waals surface area contributed by atoms with E-state index in [9.17, 15) is 9.18 Å². The average molecular weight is 337 g/mol. The number of rotatable bonds is 3. The van der Waals surface area contributed by atoms with Crippen LogP contribution in [0.15, 0.2) is 40.9 Å². The third-order valence-electron chi connectivity index (χ3n) is 2.90. The quantitative estimate of drug-likeness (QED) is 0.840. The number of hydrogen-bond donors (Lipinski definition) is 2. The molecular weight excluding hydrogens is 323 g/mol. The smallest absolute Gasteiger partial charge is 0.228 e. The van der Waals surface area contributed by atoms with Gasteiger partial charge in [-0.25, -0.2) is 4.39 Å². The average Bonchev–Trinajstić information content (AvgIpc) is 2.36. The van der Waals surface area contributed by atoms with Gasteiger partial charge in [0.1, 0.15) is 5.82 Å². The van der Waals surface area contributed by atoms with Crippen LogP contribution in [0.5, 0.6) is 0 Å². The molecule has 0 aliphatic carbocycles. The second kappa shape index (κ2) is 6.05. The molecule has 2 rings (SSSR count). The van der Waals surface area contributed by atoms with Crippen LogP contribution in [0.3, 0.4) is 0 Å². The van der Waals surface area contributed by atoms with Gasteiger partial charge in [-0.05, 0) is 36.2 Å². The van der Waals surface area contributed by atoms with Crippen LogP contribution < -0.4 is 11.1 Å². The Morgan fingerprint density at radius 2 is 2.05 bits per heavy atom. The number of nitrogens with one attached hydrogen (secondary N) is 1. The van der Waals surface area contributed by atoms with Gasteiger partial charge in [0.25, 0.3) is 0 Å². The third kappa shape index (κ3) is 3.36. The standard InChI is InChI=1S/C15H14BrFN2O/c1-9-6-11(16)8-13(18)15(9)19-14(20)7-10-4-2-3-5-12(10)17/h2-6,8H,7,18H2,1H3,(H,19,20). The summed E-state index contributed by atoms with van der Waals surface area (Å²) in [6, 6.07) is 9.79.